The van der Waals surface area contributed by atoms with E-state index in [0.29, 0.717) is 49.0 Å². The Balaban J connectivity index is 1.16. The molecule has 0 radical (unpaired) electrons. The number of nitrogens with zero attached hydrogens (tertiary/aromatic N) is 6. The molecule has 44 heavy (non-hydrogen) atoms. The monoisotopic (exact) mass is 604 g/mol. The molecule has 0 aliphatic carbocycles. The number of amides is 1. The maximum absolute atomic E-state index is 14.0. The van der Waals surface area contributed by atoms with Gasteiger partial charge in [0.15, 0.2) is 5.65 Å². The molecule has 2 saturated heterocycles. The number of ether oxygens (including phenoxy) is 1. The van der Waals surface area contributed by atoms with Gasteiger partial charge in [-0.15, -0.1) is 5.10 Å². The van der Waals surface area contributed by atoms with Crippen molar-refractivity contribution in [2.24, 2.45) is 0 Å². The summed E-state index contributed by atoms with van der Waals surface area (Å²) in [7, 11) is 1.99. The average Bonchev–Trinajstić information content (AvgIpc) is 3.67. The molecule has 1 amide bonds. The van der Waals surface area contributed by atoms with Crippen molar-refractivity contribution in [1.82, 2.24) is 29.4 Å². The predicted octanol–water partition coefficient (Wildman–Crippen LogP) is 3.74. The molecule has 0 unspecified atom stereocenters. The van der Waals surface area contributed by atoms with Gasteiger partial charge in [0.1, 0.15) is 11.5 Å². The zero-order valence-corrected chi connectivity index (χ0v) is 24.1. The van der Waals surface area contributed by atoms with Crippen molar-refractivity contribution in [2.75, 3.05) is 57.1 Å². The lowest BCUT2D eigenvalue weighted by Gasteiger charge is -2.33. The van der Waals surface area contributed by atoms with Gasteiger partial charge in [0.25, 0.3) is 5.91 Å². The summed E-state index contributed by atoms with van der Waals surface area (Å²) in [6.07, 6.45) is 0.788. The minimum Gasteiger partial charge on any atom is -0.379 e. The first kappa shape index (κ1) is 29.6. The van der Waals surface area contributed by atoms with E-state index in [2.05, 4.69) is 42.4 Å². The van der Waals surface area contributed by atoms with Crippen molar-refractivity contribution >= 4 is 23.1 Å². The van der Waals surface area contributed by atoms with E-state index < -0.39 is 17.6 Å². The van der Waals surface area contributed by atoms with E-state index in [0.717, 1.165) is 25.6 Å². The number of likely N-dealkylation sites (N-methyl/N-ethyl adjacent to an activating group) is 1. The molecule has 228 valence electrons. The Labute approximate surface area is 252 Å². The third-order valence-corrected chi connectivity index (χ3v) is 7.64. The molecule has 1 aromatic carbocycles. The highest BCUT2D eigenvalue weighted by molar-refractivity contribution is 6.04. The Morgan fingerprint density at radius 3 is 2.68 bits per heavy atom. The molecule has 2 fully saturated rings. The fourth-order valence-electron chi connectivity index (χ4n) is 5.17. The number of rotatable bonds is 6. The third kappa shape index (κ3) is 6.99. The fourth-order valence-corrected chi connectivity index (χ4v) is 5.17. The second-order valence-electron chi connectivity index (χ2n) is 11.0. The summed E-state index contributed by atoms with van der Waals surface area (Å²) in [5.41, 5.74) is 1.24. The Kier molecular flexibility index (Phi) is 8.47. The zero-order chi connectivity index (χ0) is 30.7. The molecule has 5 heterocycles. The van der Waals surface area contributed by atoms with Crippen LogP contribution in [0.5, 0.6) is 0 Å². The first-order chi connectivity index (χ1) is 21.2. The molecule has 2 N–H and O–H groups in total. The number of hydrogen-bond donors (Lipinski definition) is 2. The zero-order valence-electron chi connectivity index (χ0n) is 24.1. The number of alkyl halides is 3. The average molecular weight is 605 g/mol. The van der Waals surface area contributed by atoms with Crippen LogP contribution in [0.1, 0.15) is 39.2 Å². The van der Waals surface area contributed by atoms with Crippen LogP contribution in [0.3, 0.4) is 0 Å². The fraction of sp³-hybridized carbons (Fsp3) is 0.355. The molecule has 0 spiro atoms. The van der Waals surface area contributed by atoms with Crippen LogP contribution in [-0.4, -0.2) is 87.8 Å². The summed E-state index contributed by atoms with van der Waals surface area (Å²) in [5, 5.41) is 10.5. The van der Waals surface area contributed by atoms with Crippen LogP contribution >= 0.6 is 0 Å². The number of hydrogen-bond acceptors (Lipinski definition) is 8. The number of nitrogens with one attached hydrogen (secondary N) is 2. The van der Waals surface area contributed by atoms with Crippen LogP contribution in [0.15, 0.2) is 55.0 Å². The number of carbonyl (C=O) groups is 1. The normalized spacial score (nSPS) is 17.8. The molecule has 2 aliphatic rings. The van der Waals surface area contributed by atoms with Gasteiger partial charge in [-0.05, 0) is 55.3 Å². The Morgan fingerprint density at radius 2 is 1.91 bits per heavy atom. The van der Waals surface area contributed by atoms with Crippen LogP contribution in [0.25, 0.3) is 5.65 Å². The van der Waals surface area contributed by atoms with Crippen molar-refractivity contribution < 1.29 is 22.7 Å². The number of benzene rings is 1. The molecule has 0 saturated carbocycles. The molecule has 0 bridgehead atoms. The standard InChI is InChI=1S/C31H31F3N8O2/c1-40-9-11-41(12-10-40)19-22-3-4-24(15-27(22)31(32,33)34)38-30(43)23-14-21(16-35-17-23)2-5-26-18-36-29-7-6-28(39-42(26)29)37-25-8-13-44-20-25/h3-4,6-7,14-18,25H,8-13,19-20H2,1H3,(H,37,39)(H,38,43)/t25-/m1/s1. The predicted molar refractivity (Wildman–Crippen MR) is 158 cm³/mol. The van der Waals surface area contributed by atoms with Gasteiger partial charge >= 0.3 is 6.18 Å². The SMILES string of the molecule is CN1CCN(Cc2ccc(NC(=O)c3cncc(C#Cc4cnc5ccc(N[C@@H]6CCOC6)nn45)c3)cc2C(F)(F)F)CC1. The van der Waals surface area contributed by atoms with Gasteiger partial charge in [0.2, 0.25) is 0 Å². The van der Waals surface area contributed by atoms with E-state index in [9.17, 15) is 18.0 Å². The second-order valence-corrected chi connectivity index (χ2v) is 11.0. The number of imidazole rings is 1. The molecule has 2 aliphatic heterocycles. The van der Waals surface area contributed by atoms with Gasteiger partial charge in [0.05, 0.1) is 30.0 Å². The number of anilines is 2. The van der Waals surface area contributed by atoms with E-state index in [1.165, 1.54) is 30.6 Å². The minimum atomic E-state index is -4.56. The van der Waals surface area contributed by atoms with Crippen LogP contribution in [0, 0.1) is 11.8 Å². The molecular weight excluding hydrogens is 573 g/mol. The van der Waals surface area contributed by atoms with E-state index in [1.54, 1.807) is 10.7 Å². The first-order valence-electron chi connectivity index (χ1n) is 14.3. The number of fused-ring (bicyclic) bond motifs is 1. The highest BCUT2D eigenvalue weighted by Crippen LogP contribution is 2.34. The number of halogens is 3. The van der Waals surface area contributed by atoms with Crippen LogP contribution in [0.2, 0.25) is 0 Å². The summed E-state index contributed by atoms with van der Waals surface area (Å²) in [6, 6.07) is 9.33. The number of aromatic nitrogens is 4. The number of carbonyl (C=O) groups excluding carboxylic acids is 1. The molecule has 1 atom stereocenters. The van der Waals surface area contributed by atoms with Crippen molar-refractivity contribution in [3.8, 4) is 11.8 Å². The van der Waals surface area contributed by atoms with E-state index in [-0.39, 0.29) is 29.4 Å². The lowest BCUT2D eigenvalue weighted by atomic mass is 10.0. The number of piperazine rings is 1. The summed E-state index contributed by atoms with van der Waals surface area (Å²) in [4.78, 5) is 25.6. The van der Waals surface area contributed by atoms with E-state index >= 15 is 0 Å². The topological polar surface area (TPSA) is 99.9 Å². The molecule has 10 nitrogen and oxygen atoms in total. The van der Waals surface area contributed by atoms with Gasteiger partial charge in [-0.3, -0.25) is 14.7 Å². The lowest BCUT2D eigenvalue weighted by Crippen LogP contribution is -2.44. The van der Waals surface area contributed by atoms with Gasteiger partial charge in [-0.2, -0.15) is 13.2 Å². The van der Waals surface area contributed by atoms with Crippen molar-refractivity contribution in [3.05, 3.63) is 82.9 Å². The Bertz CT molecular complexity index is 1710. The first-order valence-corrected chi connectivity index (χ1v) is 14.3. The third-order valence-electron chi connectivity index (χ3n) is 7.64. The van der Waals surface area contributed by atoms with Crippen LogP contribution in [0.4, 0.5) is 24.7 Å². The van der Waals surface area contributed by atoms with Crippen LogP contribution in [-0.2, 0) is 17.5 Å². The Hall–Kier alpha value is -4.51. The highest BCUT2D eigenvalue weighted by Gasteiger charge is 2.34. The molecule has 13 heteroatoms. The van der Waals surface area contributed by atoms with Gasteiger partial charge in [-0.25, -0.2) is 9.50 Å². The van der Waals surface area contributed by atoms with E-state index in [4.69, 9.17) is 4.74 Å². The lowest BCUT2D eigenvalue weighted by molar-refractivity contribution is -0.138. The summed E-state index contributed by atoms with van der Waals surface area (Å²) >= 11 is 0. The van der Waals surface area contributed by atoms with Gasteiger partial charge < -0.3 is 20.3 Å². The summed E-state index contributed by atoms with van der Waals surface area (Å²) in [6.45, 7) is 4.53. The smallest absolute Gasteiger partial charge is 0.379 e. The van der Waals surface area contributed by atoms with Gasteiger partial charge in [0, 0.05) is 63.0 Å². The van der Waals surface area contributed by atoms with Crippen LogP contribution < -0.4 is 10.6 Å². The highest BCUT2D eigenvalue weighted by atomic mass is 19.4. The molecule has 3 aromatic heterocycles. The second kappa shape index (κ2) is 12.6. The maximum Gasteiger partial charge on any atom is 0.416 e. The summed E-state index contributed by atoms with van der Waals surface area (Å²) in [5.74, 6) is 6.08. The maximum atomic E-state index is 14.0. The molecular formula is C31H31F3N8O2. The van der Waals surface area contributed by atoms with Crippen molar-refractivity contribution in [3.63, 3.8) is 0 Å². The van der Waals surface area contributed by atoms with Crippen molar-refractivity contribution in [2.45, 2.75) is 25.2 Å². The van der Waals surface area contributed by atoms with E-state index in [1.807, 2.05) is 24.1 Å². The minimum absolute atomic E-state index is 0.0475. The largest absolute Gasteiger partial charge is 0.416 e. The summed E-state index contributed by atoms with van der Waals surface area (Å²) < 4.78 is 49.0. The number of pyridine rings is 1. The van der Waals surface area contributed by atoms with Gasteiger partial charge in [-0.1, -0.05) is 12.0 Å². The molecule has 4 aromatic rings. The molecule has 6 rings (SSSR count). The van der Waals surface area contributed by atoms with Crippen molar-refractivity contribution in [1.29, 1.82) is 0 Å². The Morgan fingerprint density at radius 1 is 1.07 bits per heavy atom. The quantitative estimate of drug-likeness (QED) is 0.321.